The highest BCUT2D eigenvalue weighted by atomic mass is 19.4. The van der Waals surface area contributed by atoms with E-state index in [0.717, 1.165) is 0 Å². The predicted octanol–water partition coefficient (Wildman–Crippen LogP) is 6.59. The summed E-state index contributed by atoms with van der Waals surface area (Å²) in [7, 11) is 0.500. The zero-order chi connectivity index (χ0) is 18.5. The van der Waals surface area contributed by atoms with E-state index in [-0.39, 0.29) is 14.9 Å². The fourth-order valence-electron chi connectivity index (χ4n) is 0.0619. The van der Waals surface area contributed by atoms with Gasteiger partial charge in [0.2, 0.25) is 13.9 Å². The first-order valence-electron chi connectivity index (χ1n) is 4.00. The minimum absolute atomic E-state index is 0. The third kappa shape index (κ3) is 209. The van der Waals surface area contributed by atoms with Crippen LogP contribution in [0, 0.1) is 0 Å². The second-order valence-electron chi connectivity index (χ2n) is 1.82. The Bertz CT molecular complexity index is 145. The van der Waals surface area contributed by atoms with Gasteiger partial charge in [0.25, 0.3) is 0 Å². The number of hydrogen-bond donors (Lipinski definition) is 0. The van der Waals surface area contributed by atoms with Crippen LogP contribution >= 0.6 is 0 Å². The van der Waals surface area contributed by atoms with Crippen molar-refractivity contribution in [2.45, 2.75) is 27.2 Å². The van der Waals surface area contributed by atoms with Crippen molar-refractivity contribution in [2.24, 2.45) is 0 Å². The van der Waals surface area contributed by atoms with Gasteiger partial charge in [0.1, 0.15) is 0 Å². The smallest absolute Gasteiger partial charge is 0.255 e. The van der Waals surface area contributed by atoms with Crippen LogP contribution in [0.1, 0.15) is 14.9 Å². The minimum Gasteiger partial charge on any atom is -0.255 e. The van der Waals surface area contributed by atoms with Crippen molar-refractivity contribution >= 4 is 0 Å². The number of rotatable bonds is 1. The molecule has 0 aliphatic rings. The molecule has 14 heteroatoms. The molecule has 0 aromatic carbocycles. The molecule has 0 amide bonds. The summed E-state index contributed by atoms with van der Waals surface area (Å²) in [6.07, 6.45) is -9.17. The van der Waals surface area contributed by atoms with Crippen LogP contribution in [0.4, 0.5) is 57.2 Å². The summed E-state index contributed by atoms with van der Waals surface area (Å²) >= 11 is 0. The molecular weight excluding hydrogens is 371 g/mol. The van der Waals surface area contributed by atoms with Gasteiger partial charge in [-0.05, 0) is 4.53 Å². The molecule has 0 radical (unpaired) electrons. The van der Waals surface area contributed by atoms with Gasteiger partial charge in [0.15, 0.2) is 13.3 Å². The van der Waals surface area contributed by atoms with Gasteiger partial charge in [0, 0.05) is 0 Å². The maximum absolute atomic E-state index is 10.7. The van der Waals surface area contributed by atoms with Crippen LogP contribution in [0.2, 0.25) is 0 Å². The molecule has 23 heavy (non-hydrogen) atoms. The fourth-order valence-corrected chi connectivity index (χ4v) is 0.0619. The second kappa shape index (κ2) is 32.8. The van der Waals surface area contributed by atoms with Crippen LogP contribution in [0.15, 0.2) is 0 Å². The van der Waals surface area contributed by atoms with E-state index in [4.69, 9.17) is 0 Å². The predicted molar refractivity (Wildman–Crippen MR) is 59.8 cm³/mol. The largest absolute Gasteiger partial charge is 0.416 e. The van der Waals surface area contributed by atoms with E-state index in [2.05, 4.69) is 4.94 Å². The average Bonchev–Trinajstić information content (AvgIpc) is 2.32. The SMILES string of the molecule is C.C.CF.FCC(F)(F)F.FCF.FCF.FOCC(F)(F)F. The molecular formula is C9H19F13O. The molecule has 0 N–H and O–H groups in total. The van der Waals surface area contributed by atoms with Crippen LogP contribution in [0.25, 0.3) is 0 Å². The highest BCUT2D eigenvalue weighted by Gasteiger charge is 2.28. The molecule has 0 spiro atoms. The molecule has 0 saturated heterocycles. The second-order valence-corrected chi connectivity index (χ2v) is 1.82. The lowest BCUT2D eigenvalue weighted by Crippen LogP contribution is -2.13. The summed E-state index contributed by atoms with van der Waals surface area (Å²) in [4.78, 5) is 2.28. The third-order valence-corrected chi connectivity index (χ3v) is 0.370. The summed E-state index contributed by atoms with van der Waals surface area (Å²) in [6.45, 7) is -7.56. The van der Waals surface area contributed by atoms with Crippen molar-refractivity contribution in [2.75, 3.05) is 34.3 Å². The molecule has 0 saturated carbocycles. The van der Waals surface area contributed by atoms with Gasteiger partial charge in [-0.2, -0.15) is 31.3 Å². The Hall–Kier alpha value is -0.950. The first-order valence-corrected chi connectivity index (χ1v) is 4.00. The maximum Gasteiger partial charge on any atom is 0.416 e. The van der Waals surface area contributed by atoms with E-state index in [0.29, 0.717) is 7.18 Å². The summed E-state index contributed by atoms with van der Waals surface area (Å²) in [6, 6.07) is 0. The summed E-state index contributed by atoms with van der Waals surface area (Å²) in [5, 5.41) is 0. The quantitative estimate of drug-likeness (QED) is 0.459. The van der Waals surface area contributed by atoms with E-state index in [9.17, 15) is 57.2 Å². The molecule has 0 heterocycles. The Morgan fingerprint density at radius 2 is 0.826 bits per heavy atom. The Morgan fingerprint density at radius 3 is 0.826 bits per heavy atom. The zero-order valence-corrected chi connectivity index (χ0v) is 10.2. The molecule has 152 valence electrons. The normalized spacial score (nSPS) is 8.61. The van der Waals surface area contributed by atoms with Crippen molar-refractivity contribution in [3.8, 4) is 0 Å². The Kier molecular flexibility index (Phi) is 61.6. The lowest BCUT2D eigenvalue weighted by Gasteiger charge is -1.97. The van der Waals surface area contributed by atoms with Crippen molar-refractivity contribution in [3.05, 3.63) is 0 Å². The fraction of sp³-hybridized carbons (Fsp3) is 1.00. The lowest BCUT2D eigenvalue weighted by molar-refractivity contribution is -0.245. The van der Waals surface area contributed by atoms with Gasteiger partial charge in [-0.25, -0.2) is 22.0 Å². The van der Waals surface area contributed by atoms with Gasteiger partial charge in [-0.15, -0.1) is 0 Å². The van der Waals surface area contributed by atoms with Crippen LogP contribution < -0.4 is 0 Å². The summed E-state index contributed by atoms with van der Waals surface area (Å²) in [5.74, 6) is 0. The summed E-state index contributed by atoms with van der Waals surface area (Å²) < 4.78 is 132. The summed E-state index contributed by atoms with van der Waals surface area (Å²) in [5.41, 5.74) is 0. The van der Waals surface area contributed by atoms with Gasteiger partial charge in [0.05, 0.1) is 7.18 Å². The average molecular weight is 390 g/mol. The molecule has 1 nitrogen and oxygen atoms in total. The standard InChI is InChI=1S/C2H2F4O.C2H2F4.2CH2F2.CH3F.2CH4/c3-2(4,5)1-7-6;3-1-2(4,5)6;2*2-1-3;1-2;;/h1H2;1H2;2*1H2;1H3;2*1H4. The molecule has 0 aliphatic carbocycles. The molecule has 0 aliphatic heterocycles. The highest BCUT2D eigenvalue weighted by molar-refractivity contribution is 4.41. The molecule has 0 unspecified atom stereocenters. The molecule has 0 atom stereocenters. The van der Waals surface area contributed by atoms with Gasteiger partial charge in [-0.3, -0.25) is 4.39 Å². The van der Waals surface area contributed by atoms with Crippen LogP contribution in [-0.4, -0.2) is 46.7 Å². The molecule has 0 aromatic heterocycles. The van der Waals surface area contributed by atoms with Gasteiger partial charge in [-0.1, -0.05) is 14.9 Å². The number of alkyl halides is 12. The van der Waals surface area contributed by atoms with E-state index in [1.165, 1.54) is 0 Å². The van der Waals surface area contributed by atoms with Gasteiger partial charge >= 0.3 is 12.4 Å². The minimum atomic E-state index is -4.62. The van der Waals surface area contributed by atoms with E-state index in [1.54, 1.807) is 0 Å². The van der Waals surface area contributed by atoms with E-state index >= 15 is 0 Å². The molecule has 0 bridgehead atoms. The van der Waals surface area contributed by atoms with E-state index < -0.39 is 39.5 Å². The Balaban J connectivity index is -0.0000000293. The molecule has 0 rings (SSSR count). The Labute approximate surface area is 125 Å². The number of halogens is 13. The lowest BCUT2D eigenvalue weighted by atomic mass is 10.7. The number of hydrogen-bond acceptors (Lipinski definition) is 1. The third-order valence-electron chi connectivity index (χ3n) is 0.370. The topological polar surface area (TPSA) is 9.23 Å². The van der Waals surface area contributed by atoms with Crippen molar-refractivity contribution in [1.29, 1.82) is 0 Å². The van der Waals surface area contributed by atoms with Crippen LogP contribution in [-0.2, 0) is 4.94 Å². The van der Waals surface area contributed by atoms with Crippen LogP contribution in [0.5, 0.6) is 0 Å². The van der Waals surface area contributed by atoms with Crippen LogP contribution in [0.3, 0.4) is 0 Å². The van der Waals surface area contributed by atoms with Gasteiger partial charge < -0.3 is 0 Å². The zero-order valence-electron chi connectivity index (χ0n) is 10.2. The molecule has 0 aromatic rings. The monoisotopic (exact) mass is 390 g/mol. The highest BCUT2D eigenvalue weighted by Crippen LogP contribution is 2.14. The Morgan fingerprint density at radius 1 is 0.652 bits per heavy atom. The van der Waals surface area contributed by atoms with Crippen molar-refractivity contribution in [3.63, 3.8) is 0 Å². The van der Waals surface area contributed by atoms with E-state index in [1.807, 2.05) is 0 Å². The first kappa shape index (κ1) is 43.1. The maximum atomic E-state index is 10.7. The first-order chi connectivity index (χ1) is 9.45. The van der Waals surface area contributed by atoms with Crippen molar-refractivity contribution < 1.29 is 62.2 Å². The van der Waals surface area contributed by atoms with Crippen molar-refractivity contribution in [1.82, 2.24) is 0 Å². The molecule has 0 fully saturated rings.